The average Bonchev–Trinajstić information content (AvgIpc) is 2.94. The van der Waals surface area contributed by atoms with E-state index in [1.165, 1.54) is 11.1 Å². The third-order valence-corrected chi connectivity index (χ3v) is 4.37. The molecule has 21 heavy (non-hydrogen) atoms. The van der Waals surface area contributed by atoms with Crippen LogP contribution in [-0.2, 0) is 22.6 Å². The molecule has 118 valence electrons. The van der Waals surface area contributed by atoms with E-state index in [0.717, 1.165) is 43.8 Å². The monoisotopic (exact) mass is 355 g/mol. The Hall–Kier alpha value is -0.420. The van der Waals surface area contributed by atoms with E-state index in [0.29, 0.717) is 18.4 Å². The zero-order valence-electron chi connectivity index (χ0n) is 13.0. The van der Waals surface area contributed by atoms with Crippen LogP contribution in [0, 0.1) is 11.8 Å². The first-order valence-electron chi connectivity index (χ1n) is 7.78. The Morgan fingerprint density at radius 3 is 2.95 bits per heavy atom. The van der Waals surface area contributed by atoms with Crippen molar-refractivity contribution < 1.29 is 9.47 Å². The molecule has 1 aliphatic heterocycles. The predicted molar refractivity (Wildman–Crippen MR) is 89.3 cm³/mol. The Labute approximate surface area is 136 Å². The summed E-state index contributed by atoms with van der Waals surface area (Å²) in [5, 5.41) is 3.46. The number of ether oxygens (including phenoxy) is 2. The predicted octanol–water partition coefficient (Wildman–Crippen LogP) is 3.75. The summed E-state index contributed by atoms with van der Waals surface area (Å²) in [4.78, 5) is 0. The van der Waals surface area contributed by atoms with Crippen LogP contribution in [0.25, 0.3) is 0 Å². The fraction of sp³-hybridized carbons (Fsp3) is 0.647. The topological polar surface area (TPSA) is 30.5 Å². The molecule has 2 rings (SSSR count). The summed E-state index contributed by atoms with van der Waals surface area (Å²) in [6, 6.07) is 6.52. The first kappa shape index (κ1) is 16.9. The zero-order chi connectivity index (χ0) is 15.1. The normalized spacial score (nSPS) is 18.6. The maximum Gasteiger partial charge on any atom is 0.0727 e. The van der Waals surface area contributed by atoms with E-state index >= 15 is 0 Å². The quantitative estimate of drug-likeness (QED) is 0.770. The number of rotatable bonds is 8. The lowest BCUT2D eigenvalue weighted by Crippen LogP contribution is -2.19. The van der Waals surface area contributed by atoms with Gasteiger partial charge in [-0.1, -0.05) is 41.9 Å². The van der Waals surface area contributed by atoms with Crippen LogP contribution in [0.3, 0.4) is 0 Å². The van der Waals surface area contributed by atoms with E-state index in [9.17, 15) is 0 Å². The van der Waals surface area contributed by atoms with Gasteiger partial charge >= 0.3 is 0 Å². The molecule has 1 heterocycles. The molecule has 0 amide bonds. The van der Waals surface area contributed by atoms with Crippen LogP contribution in [-0.4, -0.2) is 26.4 Å². The molecular weight excluding hydrogens is 330 g/mol. The Kier molecular flexibility index (Phi) is 7.17. The van der Waals surface area contributed by atoms with Crippen molar-refractivity contribution >= 4 is 15.9 Å². The van der Waals surface area contributed by atoms with Crippen LogP contribution in [0.2, 0.25) is 0 Å². The molecule has 4 heteroatoms. The smallest absolute Gasteiger partial charge is 0.0727 e. The van der Waals surface area contributed by atoms with Crippen molar-refractivity contribution in [3.8, 4) is 0 Å². The fourth-order valence-corrected chi connectivity index (χ4v) is 2.91. The number of hydrogen-bond donors (Lipinski definition) is 1. The Bertz CT molecular complexity index is 431. The molecule has 0 aliphatic carbocycles. The second kappa shape index (κ2) is 8.89. The van der Waals surface area contributed by atoms with Crippen LogP contribution in [0.1, 0.15) is 31.4 Å². The minimum Gasteiger partial charge on any atom is -0.381 e. The van der Waals surface area contributed by atoms with Crippen LogP contribution < -0.4 is 5.32 Å². The minimum atomic E-state index is 0.572. The van der Waals surface area contributed by atoms with Crippen LogP contribution >= 0.6 is 15.9 Å². The summed E-state index contributed by atoms with van der Waals surface area (Å²) in [5.41, 5.74) is 2.51. The minimum absolute atomic E-state index is 0.572. The van der Waals surface area contributed by atoms with E-state index in [2.05, 4.69) is 53.3 Å². The molecule has 0 spiro atoms. The molecule has 1 unspecified atom stereocenters. The summed E-state index contributed by atoms with van der Waals surface area (Å²) in [5.74, 6) is 1.25. The van der Waals surface area contributed by atoms with Crippen molar-refractivity contribution in [1.82, 2.24) is 5.32 Å². The van der Waals surface area contributed by atoms with Gasteiger partial charge in [-0.25, -0.2) is 0 Å². The second-order valence-corrected chi connectivity index (χ2v) is 7.05. The van der Waals surface area contributed by atoms with Crippen LogP contribution in [0.15, 0.2) is 22.7 Å². The molecule has 1 aromatic rings. The third kappa shape index (κ3) is 6.07. The molecule has 3 nitrogen and oxygen atoms in total. The molecule has 0 bridgehead atoms. The molecule has 0 aromatic heterocycles. The maximum atomic E-state index is 5.81. The van der Waals surface area contributed by atoms with E-state index < -0.39 is 0 Å². The van der Waals surface area contributed by atoms with Crippen molar-refractivity contribution in [3.05, 3.63) is 33.8 Å². The van der Waals surface area contributed by atoms with Gasteiger partial charge in [0.1, 0.15) is 0 Å². The number of nitrogens with one attached hydrogen (secondary N) is 1. The number of halogens is 1. The lowest BCUT2D eigenvalue weighted by Gasteiger charge is -2.12. The third-order valence-electron chi connectivity index (χ3n) is 3.63. The zero-order valence-corrected chi connectivity index (χ0v) is 14.6. The van der Waals surface area contributed by atoms with E-state index in [1.54, 1.807) is 0 Å². The summed E-state index contributed by atoms with van der Waals surface area (Å²) >= 11 is 3.65. The highest BCUT2D eigenvalue weighted by Crippen LogP contribution is 2.21. The number of hydrogen-bond acceptors (Lipinski definition) is 3. The first-order chi connectivity index (χ1) is 10.1. The summed E-state index contributed by atoms with van der Waals surface area (Å²) in [6.07, 6.45) is 1.13. The second-order valence-electron chi connectivity index (χ2n) is 6.20. The van der Waals surface area contributed by atoms with Gasteiger partial charge in [0.05, 0.1) is 19.8 Å². The maximum absolute atomic E-state index is 5.81. The summed E-state index contributed by atoms with van der Waals surface area (Å²) in [6.45, 7) is 9.60. The van der Waals surface area contributed by atoms with Gasteiger partial charge in [-0.15, -0.1) is 0 Å². The van der Waals surface area contributed by atoms with Gasteiger partial charge < -0.3 is 14.8 Å². The van der Waals surface area contributed by atoms with Gasteiger partial charge in [0, 0.05) is 23.5 Å². The average molecular weight is 356 g/mol. The Balaban J connectivity index is 1.75. The Morgan fingerprint density at radius 1 is 1.43 bits per heavy atom. The van der Waals surface area contributed by atoms with Gasteiger partial charge in [-0.05, 0) is 36.1 Å². The summed E-state index contributed by atoms with van der Waals surface area (Å²) in [7, 11) is 0. The largest absolute Gasteiger partial charge is 0.381 e. The molecule has 1 aliphatic rings. The lowest BCUT2D eigenvalue weighted by atomic mass is 10.1. The van der Waals surface area contributed by atoms with Crippen LogP contribution in [0.4, 0.5) is 0 Å². The van der Waals surface area contributed by atoms with Gasteiger partial charge in [0.25, 0.3) is 0 Å². The number of benzene rings is 1. The van der Waals surface area contributed by atoms with E-state index in [1.807, 2.05) is 0 Å². The van der Waals surface area contributed by atoms with Gasteiger partial charge in [-0.2, -0.15) is 0 Å². The summed E-state index contributed by atoms with van der Waals surface area (Å²) < 4.78 is 12.3. The highest BCUT2D eigenvalue weighted by Gasteiger charge is 2.15. The van der Waals surface area contributed by atoms with Gasteiger partial charge in [0.2, 0.25) is 0 Å². The van der Waals surface area contributed by atoms with Crippen molar-refractivity contribution in [2.75, 3.05) is 26.4 Å². The van der Waals surface area contributed by atoms with Gasteiger partial charge in [-0.3, -0.25) is 0 Å². The van der Waals surface area contributed by atoms with E-state index in [-0.39, 0.29) is 0 Å². The molecule has 1 fully saturated rings. The van der Waals surface area contributed by atoms with Gasteiger partial charge in [0.15, 0.2) is 0 Å². The van der Waals surface area contributed by atoms with Crippen molar-refractivity contribution in [3.63, 3.8) is 0 Å². The lowest BCUT2D eigenvalue weighted by molar-refractivity contribution is 0.0788. The molecule has 1 aromatic carbocycles. The first-order valence-corrected chi connectivity index (χ1v) is 8.58. The molecule has 0 saturated carbocycles. The van der Waals surface area contributed by atoms with Crippen molar-refractivity contribution in [2.45, 2.75) is 33.4 Å². The SMILES string of the molecule is CC(C)CNCc1ccc(COCC2CCOC2)c(Br)c1. The highest BCUT2D eigenvalue weighted by molar-refractivity contribution is 9.10. The molecule has 0 radical (unpaired) electrons. The fourth-order valence-electron chi connectivity index (χ4n) is 2.37. The van der Waals surface area contributed by atoms with Crippen molar-refractivity contribution in [2.24, 2.45) is 11.8 Å². The standard InChI is InChI=1S/C17H26BrNO2/c1-13(2)8-19-9-14-3-4-16(17(18)7-14)12-21-11-15-5-6-20-10-15/h3-4,7,13,15,19H,5-6,8-12H2,1-2H3. The van der Waals surface area contributed by atoms with Crippen LogP contribution in [0.5, 0.6) is 0 Å². The van der Waals surface area contributed by atoms with E-state index in [4.69, 9.17) is 9.47 Å². The highest BCUT2D eigenvalue weighted by atomic mass is 79.9. The molecular formula is C17H26BrNO2. The Morgan fingerprint density at radius 2 is 2.29 bits per heavy atom. The molecule has 1 atom stereocenters. The molecule has 1 N–H and O–H groups in total. The molecule has 1 saturated heterocycles. The van der Waals surface area contributed by atoms with Crippen molar-refractivity contribution in [1.29, 1.82) is 0 Å².